The summed E-state index contributed by atoms with van der Waals surface area (Å²) in [7, 11) is 1.80. The average molecular weight is 477 g/mol. The van der Waals surface area contributed by atoms with E-state index in [1.54, 1.807) is 7.05 Å². The van der Waals surface area contributed by atoms with E-state index < -0.39 is 0 Å². The van der Waals surface area contributed by atoms with E-state index in [1.807, 2.05) is 24.3 Å². The molecule has 0 aliphatic heterocycles. The lowest BCUT2D eigenvalue weighted by Gasteiger charge is -2.12. The third kappa shape index (κ3) is 6.23. The molecule has 144 valence electrons. The fourth-order valence-electron chi connectivity index (χ4n) is 3.18. The maximum atomic E-state index is 4.60. The Bertz CT molecular complexity index is 847. The normalized spacial score (nSPS) is 11.3. The first-order chi connectivity index (χ1) is 12.6. The van der Waals surface area contributed by atoms with E-state index in [4.69, 9.17) is 0 Å². The second kappa shape index (κ2) is 10.3. The Kier molecular flexibility index (Phi) is 8.09. The molecule has 0 amide bonds. The van der Waals surface area contributed by atoms with Crippen LogP contribution in [0.1, 0.15) is 22.5 Å². The summed E-state index contributed by atoms with van der Waals surface area (Å²) in [4.78, 5) is 12.2. The molecule has 1 heterocycles. The molecule has 2 aromatic carbocycles. The lowest BCUT2D eigenvalue weighted by molar-refractivity contribution is 0.770. The van der Waals surface area contributed by atoms with Gasteiger partial charge in [-0.1, -0.05) is 41.5 Å². The number of rotatable bonds is 6. The van der Waals surface area contributed by atoms with E-state index in [0.717, 1.165) is 48.7 Å². The van der Waals surface area contributed by atoms with Crippen molar-refractivity contribution in [2.24, 2.45) is 4.99 Å². The molecule has 0 aliphatic carbocycles. The summed E-state index contributed by atoms with van der Waals surface area (Å²) < 4.78 is 0. The van der Waals surface area contributed by atoms with Gasteiger partial charge in [0, 0.05) is 26.6 Å². The van der Waals surface area contributed by atoms with Crippen LogP contribution < -0.4 is 10.6 Å². The van der Waals surface area contributed by atoms with Gasteiger partial charge in [0.05, 0.1) is 11.0 Å². The summed E-state index contributed by atoms with van der Waals surface area (Å²) >= 11 is 0. The number of hydrogen-bond acceptors (Lipinski definition) is 2. The highest BCUT2D eigenvalue weighted by atomic mass is 127. The first kappa shape index (κ1) is 21.2. The fourth-order valence-corrected chi connectivity index (χ4v) is 3.18. The molecule has 0 spiro atoms. The number of guanidine groups is 1. The Morgan fingerprint density at radius 2 is 1.67 bits per heavy atom. The van der Waals surface area contributed by atoms with Gasteiger partial charge in [-0.05, 0) is 38.0 Å². The van der Waals surface area contributed by atoms with Crippen LogP contribution in [-0.4, -0.2) is 36.1 Å². The Balaban J connectivity index is 0.00000261. The molecule has 27 heavy (non-hydrogen) atoms. The van der Waals surface area contributed by atoms with Crippen molar-refractivity contribution in [1.29, 1.82) is 0 Å². The number of nitrogens with one attached hydrogen (secondary N) is 3. The standard InChI is InChI=1S/C21H27N5.HI/c1-15-12-16(2)14-17(13-15)8-10-23-21(22-3)24-11-9-20-25-18-6-4-5-7-19(18)26-20;/h4-7,12-14H,8-11H2,1-3H3,(H,25,26)(H2,22,23,24);1H. The van der Waals surface area contributed by atoms with E-state index >= 15 is 0 Å². The maximum absolute atomic E-state index is 4.60. The van der Waals surface area contributed by atoms with Crippen molar-refractivity contribution >= 4 is 41.0 Å². The van der Waals surface area contributed by atoms with Gasteiger partial charge in [0.1, 0.15) is 5.82 Å². The van der Waals surface area contributed by atoms with E-state index in [2.05, 4.69) is 57.6 Å². The predicted octanol–water partition coefficient (Wildman–Crippen LogP) is 3.75. The van der Waals surface area contributed by atoms with E-state index in [1.165, 1.54) is 16.7 Å². The first-order valence-electron chi connectivity index (χ1n) is 9.09. The highest BCUT2D eigenvalue weighted by molar-refractivity contribution is 14.0. The maximum Gasteiger partial charge on any atom is 0.191 e. The van der Waals surface area contributed by atoms with E-state index in [-0.39, 0.29) is 24.0 Å². The first-order valence-corrected chi connectivity index (χ1v) is 9.09. The third-order valence-corrected chi connectivity index (χ3v) is 4.30. The van der Waals surface area contributed by atoms with Crippen molar-refractivity contribution in [2.45, 2.75) is 26.7 Å². The van der Waals surface area contributed by atoms with Gasteiger partial charge in [-0.2, -0.15) is 0 Å². The Morgan fingerprint density at radius 1 is 1.00 bits per heavy atom. The monoisotopic (exact) mass is 477 g/mol. The number of aromatic nitrogens is 2. The van der Waals surface area contributed by atoms with Gasteiger partial charge in [0.15, 0.2) is 5.96 Å². The zero-order chi connectivity index (χ0) is 18.4. The zero-order valence-corrected chi connectivity index (χ0v) is 18.5. The minimum Gasteiger partial charge on any atom is -0.356 e. The van der Waals surface area contributed by atoms with Crippen molar-refractivity contribution in [3.05, 3.63) is 65.0 Å². The third-order valence-electron chi connectivity index (χ3n) is 4.30. The number of para-hydroxylation sites is 2. The van der Waals surface area contributed by atoms with Crippen LogP contribution in [0.5, 0.6) is 0 Å². The van der Waals surface area contributed by atoms with Gasteiger partial charge in [0.2, 0.25) is 0 Å². The molecule has 3 rings (SSSR count). The van der Waals surface area contributed by atoms with Gasteiger partial charge < -0.3 is 15.6 Å². The van der Waals surface area contributed by atoms with Crippen LogP contribution in [0.3, 0.4) is 0 Å². The van der Waals surface area contributed by atoms with Crippen LogP contribution in [0.15, 0.2) is 47.5 Å². The molecule has 0 bridgehead atoms. The van der Waals surface area contributed by atoms with Crippen molar-refractivity contribution in [2.75, 3.05) is 20.1 Å². The van der Waals surface area contributed by atoms with Crippen molar-refractivity contribution in [3.8, 4) is 0 Å². The molecule has 0 saturated heterocycles. The molecule has 5 nitrogen and oxygen atoms in total. The van der Waals surface area contributed by atoms with Gasteiger partial charge >= 0.3 is 0 Å². The summed E-state index contributed by atoms with van der Waals surface area (Å²) in [6.45, 7) is 5.92. The van der Waals surface area contributed by atoms with Crippen LogP contribution in [0.25, 0.3) is 11.0 Å². The van der Waals surface area contributed by atoms with Gasteiger partial charge in [-0.25, -0.2) is 4.98 Å². The molecule has 0 atom stereocenters. The molecule has 0 fully saturated rings. The number of aromatic amines is 1. The molecule has 3 N–H and O–H groups in total. The Hall–Kier alpha value is -2.09. The lowest BCUT2D eigenvalue weighted by atomic mass is 10.1. The molecule has 0 aliphatic rings. The highest BCUT2D eigenvalue weighted by Crippen LogP contribution is 2.10. The number of aliphatic imine (C=N–C) groups is 1. The number of fused-ring (bicyclic) bond motifs is 1. The van der Waals surface area contributed by atoms with Crippen LogP contribution >= 0.6 is 24.0 Å². The summed E-state index contributed by atoms with van der Waals surface area (Å²) in [5.74, 6) is 1.81. The largest absolute Gasteiger partial charge is 0.356 e. The number of nitrogens with zero attached hydrogens (tertiary/aromatic N) is 2. The second-order valence-electron chi connectivity index (χ2n) is 6.62. The zero-order valence-electron chi connectivity index (χ0n) is 16.2. The van der Waals surface area contributed by atoms with Crippen molar-refractivity contribution in [3.63, 3.8) is 0 Å². The number of H-pyrrole nitrogens is 1. The van der Waals surface area contributed by atoms with Gasteiger partial charge in [-0.15, -0.1) is 24.0 Å². The number of imidazole rings is 1. The topological polar surface area (TPSA) is 65.1 Å². The van der Waals surface area contributed by atoms with Crippen molar-refractivity contribution < 1.29 is 0 Å². The van der Waals surface area contributed by atoms with Gasteiger partial charge in [-0.3, -0.25) is 4.99 Å². The summed E-state index contributed by atoms with van der Waals surface area (Å²) in [6, 6.07) is 14.8. The van der Waals surface area contributed by atoms with Crippen molar-refractivity contribution in [1.82, 2.24) is 20.6 Å². The molecule has 0 radical (unpaired) electrons. The molecule has 3 aromatic rings. The highest BCUT2D eigenvalue weighted by Gasteiger charge is 2.03. The summed E-state index contributed by atoms with van der Waals surface area (Å²) in [5.41, 5.74) is 6.08. The molecule has 6 heteroatoms. The molecule has 1 aromatic heterocycles. The van der Waals surface area contributed by atoms with Crippen LogP contribution in [-0.2, 0) is 12.8 Å². The number of benzene rings is 2. The number of halogens is 1. The van der Waals surface area contributed by atoms with Crippen LogP contribution in [0, 0.1) is 13.8 Å². The second-order valence-corrected chi connectivity index (χ2v) is 6.62. The minimum absolute atomic E-state index is 0. The average Bonchev–Trinajstić information content (AvgIpc) is 3.02. The molecular weight excluding hydrogens is 449 g/mol. The predicted molar refractivity (Wildman–Crippen MR) is 124 cm³/mol. The number of hydrogen-bond donors (Lipinski definition) is 3. The fraction of sp³-hybridized carbons (Fsp3) is 0.333. The SMILES string of the molecule is CN=C(NCCc1cc(C)cc(C)c1)NCCc1nc2ccccc2[nH]1.I. The summed E-state index contributed by atoms with van der Waals surface area (Å²) in [6.07, 6.45) is 1.80. The smallest absolute Gasteiger partial charge is 0.191 e. The quantitative estimate of drug-likeness (QED) is 0.288. The number of aryl methyl sites for hydroxylation is 2. The van der Waals surface area contributed by atoms with Gasteiger partial charge in [0.25, 0.3) is 0 Å². The minimum atomic E-state index is 0. The summed E-state index contributed by atoms with van der Waals surface area (Å²) in [5, 5.41) is 6.73. The van der Waals surface area contributed by atoms with E-state index in [9.17, 15) is 0 Å². The van der Waals surface area contributed by atoms with Crippen LogP contribution in [0.2, 0.25) is 0 Å². The molecule has 0 saturated carbocycles. The molecule has 0 unspecified atom stereocenters. The Labute approximate surface area is 178 Å². The molecular formula is C21H28IN5. The Morgan fingerprint density at radius 3 is 2.33 bits per heavy atom. The van der Waals surface area contributed by atoms with Crippen LogP contribution in [0.4, 0.5) is 0 Å². The van der Waals surface area contributed by atoms with E-state index in [0.29, 0.717) is 0 Å². The lowest BCUT2D eigenvalue weighted by Crippen LogP contribution is -2.39.